The fourth-order valence-corrected chi connectivity index (χ4v) is 1.75. The summed E-state index contributed by atoms with van der Waals surface area (Å²) in [5, 5.41) is 12.5. The Kier molecular flexibility index (Phi) is 4.27. The Morgan fingerprint density at radius 3 is 2.84 bits per heavy atom. The first-order valence-electron chi connectivity index (χ1n) is 6.38. The van der Waals surface area contributed by atoms with Gasteiger partial charge in [0.05, 0.1) is 13.2 Å². The summed E-state index contributed by atoms with van der Waals surface area (Å²) in [6.07, 6.45) is 1.43. The topological polar surface area (TPSA) is 67.8 Å². The first kappa shape index (κ1) is 13.7. The highest BCUT2D eigenvalue weighted by Gasteiger charge is 2.23. The van der Waals surface area contributed by atoms with Gasteiger partial charge in [0.1, 0.15) is 11.5 Å². The van der Waals surface area contributed by atoms with Crippen LogP contribution in [0.15, 0.2) is 18.2 Å². The fourth-order valence-electron chi connectivity index (χ4n) is 1.75. The minimum Gasteiger partial charge on any atom is -0.497 e. The van der Waals surface area contributed by atoms with E-state index in [-0.39, 0.29) is 12.5 Å². The van der Waals surface area contributed by atoms with Gasteiger partial charge in [-0.15, -0.1) is 0 Å². The van der Waals surface area contributed by atoms with Crippen molar-refractivity contribution >= 4 is 5.91 Å². The summed E-state index contributed by atoms with van der Waals surface area (Å²) in [4.78, 5) is 11.6. The molecule has 2 rings (SSSR count). The molecule has 1 aromatic rings. The van der Waals surface area contributed by atoms with Crippen molar-refractivity contribution in [2.24, 2.45) is 0 Å². The third kappa shape index (κ3) is 3.86. The molecule has 5 nitrogen and oxygen atoms in total. The van der Waals surface area contributed by atoms with Crippen molar-refractivity contribution in [1.29, 1.82) is 0 Å². The number of nitrogens with one attached hydrogen (secondary N) is 1. The highest BCUT2D eigenvalue weighted by atomic mass is 16.5. The Morgan fingerprint density at radius 1 is 1.53 bits per heavy atom. The van der Waals surface area contributed by atoms with E-state index in [1.165, 1.54) is 0 Å². The number of ether oxygens (including phenoxy) is 2. The molecule has 1 amide bonds. The maximum absolute atomic E-state index is 11.6. The minimum absolute atomic E-state index is 0.0522. The lowest BCUT2D eigenvalue weighted by Gasteiger charge is -2.14. The molecule has 1 unspecified atom stereocenters. The number of amides is 1. The Bertz CT molecular complexity index is 455. The van der Waals surface area contributed by atoms with Gasteiger partial charge in [-0.1, -0.05) is 0 Å². The lowest BCUT2D eigenvalue weighted by molar-refractivity contribution is -0.123. The van der Waals surface area contributed by atoms with E-state index in [2.05, 4.69) is 5.32 Å². The fraction of sp³-hybridized carbons (Fsp3) is 0.500. The molecule has 0 bridgehead atoms. The molecule has 0 saturated heterocycles. The van der Waals surface area contributed by atoms with Gasteiger partial charge in [0, 0.05) is 17.7 Å². The van der Waals surface area contributed by atoms with Crippen LogP contribution in [0, 0.1) is 0 Å². The number of aliphatic hydroxyl groups is 1. The predicted octanol–water partition coefficient (Wildman–Crippen LogP) is 1.41. The number of rotatable bonds is 6. The molecule has 1 aliphatic carbocycles. The molecular formula is C14H19NO4. The quantitative estimate of drug-likeness (QED) is 0.816. The number of carbonyl (C=O) groups excluding carboxylic acids is 1. The van der Waals surface area contributed by atoms with E-state index in [9.17, 15) is 9.90 Å². The maximum atomic E-state index is 11.6. The Hall–Kier alpha value is -1.75. The average Bonchev–Trinajstić information content (AvgIpc) is 3.19. The van der Waals surface area contributed by atoms with Gasteiger partial charge in [-0.05, 0) is 31.9 Å². The van der Waals surface area contributed by atoms with Crippen molar-refractivity contribution in [1.82, 2.24) is 5.32 Å². The van der Waals surface area contributed by atoms with Crippen molar-refractivity contribution in [3.8, 4) is 11.5 Å². The highest BCUT2D eigenvalue weighted by Crippen LogP contribution is 2.29. The zero-order chi connectivity index (χ0) is 13.8. The lowest BCUT2D eigenvalue weighted by Crippen LogP contribution is -2.30. The van der Waals surface area contributed by atoms with Crippen LogP contribution in [0.4, 0.5) is 0 Å². The smallest absolute Gasteiger partial charge is 0.258 e. The summed E-state index contributed by atoms with van der Waals surface area (Å²) in [7, 11) is 1.56. The van der Waals surface area contributed by atoms with Crippen molar-refractivity contribution in [3.63, 3.8) is 0 Å². The van der Waals surface area contributed by atoms with E-state index in [4.69, 9.17) is 9.47 Å². The summed E-state index contributed by atoms with van der Waals surface area (Å²) < 4.78 is 10.6. The number of benzene rings is 1. The second-order valence-electron chi connectivity index (χ2n) is 4.71. The molecule has 1 saturated carbocycles. The van der Waals surface area contributed by atoms with E-state index >= 15 is 0 Å². The molecule has 0 aliphatic heterocycles. The molecule has 0 aromatic heterocycles. The molecule has 1 atom stereocenters. The van der Waals surface area contributed by atoms with E-state index in [0.717, 1.165) is 12.8 Å². The molecule has 0 radical (unpaired) electrons. The molecule has 104 valence electrons. The van der Waals surface area contributed by atoms with Crippen LogP contribution < -0.4 is 14.8 Å². The Labute approximate surface area is 112 Å². The van der Waals surface area contributed by atoms with E-state index in [1.807, 2.05) is 0 Å². The number of carbonyl (C=O) groups is 1. The molecule has 2 N–H and O–H groups in total. The van der Waals surface area contributed by atoms with Crippen LogP contribution in [0.2, 0.25) is 0 Å². The zero-order valence-corrected chi connectivity index (χ0v) is 11.2. The van der Waals surface area contributed by atoms with Gasteiger partial charge in [-0.2, -0.15) is 0 Å². The predicted molar refractivity (Wildman–Crippen MR) is 70.3 cm³/mol. The van der Waals surface area contributed by atoms with Crippen LogP contribution in [0.3, 0.4) is 0 Å². The van der Waals surface area contributed by atoms with Crippen LogP contribution in [0.25, 0.3) is 0 Å². The summed E-state index contributed by atoms with van der Waals surface area (Å²) in [6.45, 7) is 1.60. The number of hydrogen-bond acceptors (Lipinski definition) is 4. The van der Waals surface area contributed by atoms with Crippen LogP contribution in [-0.4, -0.2) is 30.8 Å². The second-order valence-corrected chi connectivity index (χ2v) is 4.71. The summed E-state index contributed by atoms with van der Waals surface area (Å²) in [6, 6.07) is 5.47. The SMILES string of the molecule is COc1ccc(C(C)O)c(OCC(=O)NC2CC2)c1. The van der Waals surface area contributed by atoms with Crippen molar-refractivity contribution in [2.45, 2.75) is 31.9 Å². The van der Waals surface area contributed by atoms with E-state index in [1.54, 1.807) is 32.2 Å². The first-order chi connectivity index (χ1) is 9.10. The largest absolute Gasteiger partial charge is 0.497 e. The highest BCUT2D eigenvalue weighted by molar-refractivity contribution is 5.78. The average molecular weight is 265 g/mol. The molecule has 1 fully saturated rings. The van der Waals surface area contributed by atoms with Gasteiger partial charge >= 0.3 is 0 Å². The van der Waals surface area contributed by atoms with Gasteiger partial charge in [0.15, 0.2) is 6.61 Å². The van der Waals surface area contributed by atoms with E-state index in [0.29, 0.717) is 23.1 Å². The van der Waals surface area contributed by atoms with Crippen LogP contribution >= 0.6 is 0 Å². The maximum Gasteiger partial charge on any atom is 0.258 e. The Morgan fingerprint density at radius 2 is 2.26 bits per heavy atom. The number of aliphatic hydroxyl groups excluding tert-OH is 1. The molecular weight excluding hydrogens is 246 g/mol. The molecule has 19 heavy (non-hydrogen) atoms. The van der Waals surface area contributed by atoms with Crippen molar-refractivity contribution in [3.05, 3.63) is 23.8 Å². The summed E-state index contributed by atoms with van der Waals surface area (Å²) in [5.74, 6) is 0.962. The standard InChI is InChI=1S/C14H19NO4/c1-9(16)12-6-5-11(18-2)7-13(12)19-8-14(17)15-10-3-4-10/h5-7,9-10,16H,3-4,8H2,1-2H3,(H,15,17). The van der Waals surface area contributed by atoms with Gasteiger partial charge in [0.25, 0.3) is 5.91 Å². The van der Waals surface area contributed by atoms with Crippen LogP contribution in [0.5, 0.6) is 11.5 Å². The lowest BCUT2D eigenvalue weighted by atomic mass is 10.1. The van der Waals surface area contributed by atoms with Crippen molar-refractivity contribution in [2.75, 3.05) is 13.7 Å². The third-order valence-corrected chi connectivity index (χ3v) is 2.97. The minimum atomic E-state index is -0.660. The second kappa shape index (κ2) is 5.93. The zero-order valence-electron chi connectivity index (χ0n) is 11.2. The van der Waals surface area contributed by atoms with Gasteiger partial charge in [-0.3, -0.25) is 4.79 Å². The van der Waals surface area contributed by atoms with E-state index < -0.39 is 6.10 Å². The number of methoxy groups -OCH3 is 1. The van der Waals surface area contributed by atoms with Crippen molar-refractivity contribution < 1.29 is 19.4 Å². The Balaban J connectivity index is 2.01. The normalized spacial score (nSPS) is 15.7. The van der Waals surface area contributed by atoms with Crippen LogP contribution in [0.1, 0.15) is 31.4 Å². The van der Waals surface area contributed by atoms with Crippen LogP contribution in [-0.2, 0) is 4.79 Å². The molecule has 5 heteroatoms. The van der Waals surface area contributed by atoms with Gasteiger partial charge < -0.3 is 19.9 Å². The van der Waals surface area contributed by atoms with Gasteiger partial charge in [-0.25, -0.2) is 0 Å². The third-order valence-electron chi connectivity index (χ3n) is 2.97. The summed E-state index contributed by atoms with van der Waals surface area (Å²) in [5.41, 5.74) is 0.639. The monoisotopic (exact) mass is 265 g/mol. The van der Waals surface area contributed by atoms with Gasteiger partial charge in [0.2, 0.25) is 0 Å². The molecule has 1 aliphatic rings. The summed E-state index contributed by atoms with van der Waals surface area (Å²) >= 11 is 0. The first-order valence-corrected chi connectivity index (χ1v) is 6.38. The number of hydrogen-bond donors (Lipinski definition) is 2. The molecule has 0 spiro atoms. The molecule has 1 aromatic carbocycles. The molecule has 0 heterocycles.